The minimum atomic E-state index is -0.397. The van der Waals surface area contributed by atoms with E-state index in [0.717, 1.165) is 25.8 Å². The Balaban J connectivity index is -0.00000144. The van der Waals surface area contributed by atoms with Crippen molar-refractivity contribution in [2.24, 2.45) is 5.73 Å². The van der Waals surface area contributed by atoms with Crippen molar-refractivity contribution in [2.75, 3.05) is 33.8 Å². The van der Waals surface area contributed by atoms with E-state index in [0.29, 0.717) is 13.2 Å². The molecule has 0 rings (SSSR count). The second kappa shape index (κ2) is 15.3. The molecule has 2 unspecified atom stereocenters. The number of ether oxygens (including phenoxy) is 1. The highest BCUT2D eigenvalue weighted by Crippen LogP contribution is 2.00. The largest absolute Gasteiger partial charge is 0.377 e. The summed E-state index contributed by atoms with van der Waals surface area (Å²) in [7, 11) is 4.05. The minimum Gasteiger partial charge on any atom is -0.377 e. The van der Waals surface area contributed by atoms with Gasteiger partial charge < -0.3 is 20.7 Å². The van der Waals surface area contributed by atoms with Gasteiger partial charge in [-0.05, 0) is 33.9 Å². The Morgan fingerprint density at radius 3 is 2.30 bits per heavy atom. The van der Waals surface area contributed by atoms with Crippen LogP contribution in [0.3, 0.4) is 0 Å². The second-order valence-electron chi connectivity index (χ2n) is 4.81. The fourth-order valence-electron chi connectivity index (χ4n) is 1.67. The zero-order valence-corrected chi connectivity index (χ0v) is 14.7. The number of carbonyl (C=O) groups excluding carboxylic acids is 1. The number of nitrogens with zero attached hydrogens (tertiary/aromatic N) is 1. The Hall–Kier alpha value is -0.0700. The maximum atomic E-state index is 11.7. The van der Waals surface area contributed by atoms with Crippen LogP contribution in [-0.4, -0.2) is 56.7 Å². The Bertz CT molecular complexity index is 232. The molecule has 0 spiro atoms. The standard InChI is InChI=1S/C13H29N3O2.2ClH/c1-5-7-12(14)13(17)15-10-11(18-6-2)8-9-16(3)4;;/h11-12H,5-10,14H2,1-4H3,(H,15,17);2*1H. The predicted octanol–water partition coefficient (Wildman–Crippen LogP) is 1.43. The van der Waals surface area contributed by atoms with Crippen molar-refractivity contribution in [2.45, 2.75) is 45.3 Å². The van der Waals surface area contributed by atoms with E-state index >= 15 is 0 Å². The average molecular weight is 332 g/mol. The maximum absolute atomic E-state index is 11.7. The molecule has 0 aromatic heterocycles. The van der Waals surface area contributed by atoms with Crippen LogP contribution in [0.4, 0.5) is 0 Å². The van der Waals surface area contributed by atoms with Crippen molar-refractivity contribution in [1.29, 1.82) is 0 Å². The van der Waals surface area contributed by atoms with Gasteiger partial charge in [0.2, 0.25) is 5.91 Å². The molecule has 0 radical (unpaired) electrons. The van der Waals surface area contributed by atoms with Crippen molar-refractivity contribution < 1.29 is 9.53 Å². The minimum absolute atomic E-state index is 0. The van der Waals surface area contributed by atoms with Crippen LogP contribution in [0.15, 0.2) is 0 Å². The van der Waals surface area contributed by atoms with E-state index < -0.39 is 6.04 Å². The van der Waals surface area contributed by atoms with Crippen molar-refractivity contribution in [3.63, 3.8) is 0 Å². The van der Waals surface area contributed by atoms with E-state index in [4.69, 9.17) is 10.5 Å². The number of nitrogens with two attached hydrogens (primary N) is 1. The Kier molecular flexibility index (Phi) is 19.1. The molecular weight excluding hydrogens is 301 g/mol. The van der Waals surface area contributed by atoms with Gasteiger partial charge in [-0.25, -0.2) is 0 Å². The van der Waals surface area contributed by atoms with Crippen LogP contribution in [0.2, 0.25) is 0 Å². The van der Waals surface area contributed by atoms with Crippen molar-refractivity contribution in [3.8, 4) is 0 Å². The molecule has 0 bridgehead atoms. The van der Waals surface area contributed by atoms with Crippen LogP contribution in [0.5, 0.6) is 0 Å². The molecule has 0 saturated carbocycles. The van der Waals surface area contributed by atoms with E-state index in [1.807, 2.05) is 27.9 Å². The summed E-state index contributed by atoms with van der Waals surface area (Å²) in [6.45, 7) is 6.13. The highest BCUT2D eigenvalue weighted by molar-refractivity contribution is 5.85. The summed E-state index contributed by atoms with van der Waals surface area (Å²) in [4.78, 5) is 13.8. The van der Waals surface area contributed by atoms with Crippen molar-refractivity contribution in [3.05, 3.63) is 0 Å². The van der Waals surface area contributed by atoms with Crippen LogP contribution in [0.1, 0.15) is 33.1 Å². The van der Waals surface area contributed by atoms with Gasteiger partial charge in [-0.3, -0.25) is 4.79 Å². The van der Waals surface area contributed by atoms with Crippen LogP contribution < -0.4 is 11.1 Å². The van der Waals surface area contributed by atoms with E-state index in [1.54, 1.807) is 0 Å². The lowest BCUT2D eigenvalue weighted by atomic mass is 10.1. The molecule has 0 aliphatic carbocycles. The normalized spacial score (nSPS) is 13.1. The van der Waals surface area contributed by atoms with Gasteiger partial charge in [-0.2, -0.15) is 0 Å². The maximum Gasteiger partial charge on any atom is 0.237 e. The van der Waals surface area contributed by atoms with Crippen molar-refractivity contribution in [1.82, 2.24) is 10.2 Å². The molecule has 0 heterocycles. The fraction of sp³-hybridized carbons (Fsp3) is 0.923. The first-order valence-corrected chi connectivity index (χ1v) is 6.80. The van der Waals surface area contributed by atoms with E-state index in [1.165, 1.54) is 0 Å². The summed E-state index contributed by atoms with van der Waals surface area (Å²) < 4.78 is 5.60. The third kappa shape index (κ3) is 12.9. The third-order valence-electron chi connectivity index (χ3n) is 2.74. The quantitative estimate of drug-likeness (QED) is 0.635. The fourth-order valence-corrected chi connectivity index (χ4v) is 1.67. The molecule has 1 amide bonds. The molecule has 7 heteroatoms. The molecule has 3 N–H and O–H groups in total. The number of nitrogens with one attached hydrogen (secondary N) is 1. The first kappa shape index (κ1) is 24.9. The zero-order chi connectivity index (χ0) is 14.0. The van der Waals surface area contributed by atoms with Gasteiger partial charge in [0.05, 0.1) is 12.1 Å². The van der Waals surface area contributed by atoms with E-state index in [9.17, 15) is 4.79 Å². The van der Waals surface area contributed by atoms with Crippen molar-refractivity contribution >= 4 is 30.7 Å². The molecule has 20 heavy (non-hydrogen) atoms. The van der Waals surface area contributed by atoms with Crippen LogP contribution >= 0.6 is 24.8 Å². The Labute approximate surface area is 135 Å². The molecule has 5 nitrogen and oxygen atoms in total. The molecule has 0 fully saturated rings. The van der Waals surface area contributed by atoms with Gasteiger partial charge in [-0.1, -0.05) is 13.3 Å². The van der Waals surface area contributed by atoms with E-state index in [2.05, 4.69) is 10.2 Å². The third-order valence-corrected chi connectivity index (χ3v) is 2.74. The number of carbonyl (C=O) groups is 1. The van der Waals surface area contributed by atoms with Crippen LogP contribution in [0, 0.1) is 0 Å². The van der Waals surface area contributed by atoms with Gasteiger partial charge in [0.1, 0.15) is 0 Å². The SMILES string of the molecule is CCCC(N)C(=O)NCC(CCN(C)C)OCC.Cl.Cl. The molecule has 0 saturated heterocycles. The van der Waals surface area contributed by atoms with Crippen LogP contribution in [0.25, 0.3) is 0 Å². The lowest BCUT2D eigenvalue weighted by molar-refractivity contribution is -0.123. The molecule has 0 aromatic carbocycles. The number of hydrogen-bond acceptors (Lipinski definition) is 4. The zero-order valence-electron chi connectivity index (χ0n) is 13.1. The van der Waals surface area contributed by atoms with E-state index in [-0.39, 0.29) is 36.8 Å². The smallest absolute Gasteiger partial charge is 0.237 e. The lowest BCUT2D eigenvalue weighted by Gasteiger charge is -2.20. The first-order chi connectivity index (χ1) is 8.51. The molecule has 0 aliphatic heterocycles. The van der Waals surface area contributed by atoms with Gasteiger partial charge in [0.25, 0.3) is 0 Å². The highest BCUT2D eigenvalue weighted by atomic mass is 35.5. The average Bonchev–Trinajstić information content (AvgIpc) is 2.32. The number of halogens is 2. The van der Waals surface area contributed by atoms with Crippen LogP contribution in [-0.2, 0) is 9.53 Å². The highest BCUT2D eigenvalue weighted by Gasteiger charge is 2.15. The second-order valence-corrected chi connectivity index (χ2v) is 4.81. The summed E-state index contributed by atoms with van der Waals surface area (Å²) in [5.74, 6) is -0.0774. The molecule has 2 atom stereocenters. The Morgan fingerprint density at radius 1 is 1.25 bits per heavy atom. The number of amides is 1. The first-order valence-electron chi connectivity index (χ1n) is 6.80. The number of rotatable bonds is 10. The monoisotopic (exact) mass is 331 g/mol. The molecule has 124 valence electrons. The molecule has 0 aromatic rings. The summed E-state index contributed by atoms with van der Waals surface area (Å²) in [5, 5.41) is 2.87. The molecular formula is C13H31Cl2N3O2. The predicted molar refractivity (Wildman–Crippen MR) is 89.0 cm³/mol. The summed E-state index contributed by atoms with van der Waals surface area (Å²) in [5.41, 5.74) is 5.75. The lowest BCUT2D eigenvalue weighted by Crippen LogP contribution is -2.44. The van der Waals surface area contributed by atoms with Gasteiger partial charge >= 0.3 is 0 Å². The van der Waals surface area contributed by atoms with Gasteiger partial charge in [0.15, 0.2) is 0 Å². The van der Waals surface area contributed by atoms with Gasteiger partial charge in [-0.15, -0.1) is 24.8 Å². The Morgan fingerprint density at radius 2 is 1.85 bits per heavy atom. The topological polar surface area (TPSA) is 67.6 Å². The summed E-state index contributed by atoms with van der Waals surface area (Å²) in [6.07, 6.45) is 2.62. The number of hydrogen-bond donors (Lipinski definition) is 2. The summed E-state index contributed by atoms with van der Waals surface area (Å²) >= 11 is 0. The van der Waals surface area contributed by atoms with Gasteiger partial charge in [0, 0.05) is 19.7 Å². The summed E-state index contributed by atoms with van der Waals surface area (Å²) in [6, 6.07) is -0.397. The molecule has 0 aliphatic rings.